The Hall–Kier alpha value is -0.830. The minimum Gasteiger partial charge on any atom is -0.327 e. The van der Waals surface area contributed by atoms with Gasteiger partial charge in [-0.25, -0.2) is 4.98 Å². The van der Waals surface area contributed by atoms with E-state index in [4.69, 9.17) is 0 Å². The van der Waals surface area contributed by atoms with E-state index >= 15 is 0 Å². The van der Waals surface area contributed by atoms with Gasteiger partial charge in [0.05, 0.1) is 12.0 Å². The van der Waals surface area contributed by atoms with E-state index in [-0.39, 0.29) is 5.54 Å². The van der Waals surface area contributed by atoms with E-state index in [2.05, 4.69) is 49.5 Å². The minimum atomic E-state index is 0.114. The van der Waals surface area contributed by atoms with E-state index in [1.54, 1.807) is 0 Å². The third-order valence-corrected chi connectivity index (χ3v) is 3.95. The summed E-state index contributed by atoms with van der Waals surface area (Å²) in [5.74, 6) is 0. The van der Waals surface area contributed by atoms with E-state index in [0.717, 1.165) is 13.0 Å². The van der Waals surface area contributed by atoms with Crippen LogP contribution < -0.4 is 5.32 Å². The Bertz CT molecular complexity index is 406. The van der Waals surface area contributed by atoms with Gasteiger partial charge < -0.3 is 9.88 Å². The van der Waals surface area contributed by atoms with Crippen molar-refractivity contribution in [3.05, 3.63) is 18.2 Å². The second-order valence-electron chi connectivity index (χ2n) is 7.74. The van der Waals surface area contributed by atoms with Gasteiger partial charge in [0.15, 0.2) is 0 Å². The number of aromatic nitrogens is 2. The van der Waals surface area contributed by atoms with Crippen molar-refractivity contribution in [3.8, 4) is 0 Å². The predicted molar refractivity (Wildman–Crippen MR) is 80.2 cm³/mol. The van der Waals surface area contributed by atoms with Crippen LogP contribution >= 0.6 is 0 Å². The van der Waals surface area contributed by atoms with Crippen LogP contribution in [0.3, 0.4) is 0 Å². The van der Waals surface area contributed by atoms with Crippen LogP contribution in [0.5, 0.6) is 0 Å². The average molecular weight is 263 g/mol. The Morgan fingerprint density at radius 1 is 1.26 bits per heavy atom. The van der Waals surface area contributed by atoms with E-state index < -0.39 is 0 Å². The first kappa shape index (κ1) is 14.6. The summed E-state index contributed by atoms with van der Waals surface area (Å²) in [6.45, 7) is 12.7. The maximum Gasteiger partial charge on any atom is 0.0953 e. The van der Waals surface area contributed by atoms with Crippen LogP contribution in [-0.2, 0) is 5.54 Å². The summed E-state index contributed by atoms with van der Waals surface area (Å²) < 4.78 is 2.39. The van der Waals surface area contributed by atoms with Crippen LogP contribution in [0.25, 0.3) is 0 Å². The number of piperidine rings is 1. The first-order valence-electron chi connectivity index (χ1n) is 7.56. The molecule has 2 rings (SSSR count). The smallest absolute Gasteiger partial charge is 0.0953 e. The zero-order chi connectivity index (χ0) is 14.1. The number of nitrogens with zero attached hydrogens (tertiary/aromatic N) is 2. The SMILES string of the molecule is CC(C)(C)CC(C)(C)n1cncc1C1CCCCN1. The van der Waals surface area contributed by atoms with Crippen molar-refractivity contribution in [2.75, 3.05) is 6.54 Å². The Balaban J connectivity index is 2.22. The molecule has 0 aliphatic carbocycles. The first-order chi connectivity index (χ1) is 8.80. The van der Waals surface area contributed by atoms with Crippen molar-refractivity contribution in [2.24, 2.45) is 5.41 Å². The molecule has 0 saturated carbocycles. The van der Waals surface area contributed by atoms with Crippen LogP contribution in [0.15, 0.2) is 12.5 Å². The van der Waals surface area contributed by atoms with Crippen molar-refractivity contribution in [3.63, 3.8) is 0 Å². The first-order valence-corrected chi connectivity index (χ1v) is 7.56. The van der Waals surface area contributed by atoms with Crippen molar-refractivity contribution >= 4 is 0 Å². The molecule has 1 saturated heterocycles. The quantitative estimate of drug-likeness (QED) is 0.897. The highest BCUT2D eigenvalue weighted by molar-refractivity contribution is 5.10. The normalized spacial score (nSPS) is 21.6. The van der Waals surface area contributed by atoms with Crippen LogP contribution in [0.2, 0.25) is 0 Å². The van der Waals surface area contributed by atoms with Crippen LogP contribution in [0.4, 0.5) is 0 Å². The molecule has 1 N–H and O–H groups in total. The molecular formula is C16H29N3. The second-order valence-corrected chi connectivity index (χ2v) is 7.74. The molecule has 1 aliphatic heterocycles. The van der Waals surface area contributed by atoms with Crippen LogP contribution in [-0.4, -0.2) is 16.1 Å². The topological polar surface area (TPSA) is 29.9 Å². The highest BCUT2D eigenvalue weighted by Crippen LogP contribution is 2.35. The molecule has 1 atom stereocenters. The van der Waals surface area contributed by atoms with E-state index in [1.165, 1.54) is 25.0 Å². The molecule has 0 radical (unpaired) electrons. The van der Waals surface area contributed by atoms with E-state index in [1.807, 2.05) is 12.5 Å². The summed E-state index contributed by atoms with van der Waals surface area (Å²) in [5.41, 5.74) is 1.79. The second kappa shape index (κ2) is 5.28. The Kier molecular flexibility index (Phi) is 4.05. The van der Waals surface area contributed by atoms with Gasteiger partial charge in [-0.2, -0.15) is 0 Å². The van der Waals surface area contributed by atoms with Gasteiger partial charge in [-0.15, -0.1) is 0 Å². The van der Waals surface area contributed by atoms with Gasteiger partial charge in [-0.1, -0.05) is 27.2 Å². The van der Waals surface area contributed by atoms with Gasteiger partial charge in [0.1, 0.15) is 0 Å². The molecule has 0 bridgehead atoms. The number of imidazole rings is 1. The van der Waals surface area contributed by atoms with Gasteiger partial charge in [0, 0.05) is 17.8 Å². The Morgan fingerprint density at radius 3 is 2.58 bits per heavy atom. The number of hydrogen-bond acceptors (Lipinski definition) is 2. The molecule has 0 amide bonds. The molecule has 108 valence electrons. The summed E-state index contributed by atoms with van der Waals surface area (Å²) in [7, 11) is 0. The number of rotatable bonds is 3. The molecule has 19 heavy (non-hydrogen) atoms. The highest BCUT2D eigenvalue weighted by atomic mass is 15.1. The molecule has 1 unspecified atom stereocenters. The number of hydrogen-bond donors (Lipinski definition) is 1. The van der Waals surface area contributed by atoms with Crippen molar-refractivity contribution in [1.82, 2.24) is 14.9 Å². The van der Waals surface area contributed by atoms with Crippen molar-refractivity contribution in [1.29, 1.82) is 0 Å². The third kappa shape index (κ3) is 3.59. The fraction of sp³-hybridized carbons (Fsp3) is 0.812. The van der Waals surface area contributed by atoms with Crippen molar-refractivity contribution < 1.29 is 0 Å². The monoisotopic (exact) mass is 263 g/mol. The standard InChI is InChI=1S/C16H29N3/c1-15(2,3)11-16(4,5)19-12-17-10-14(19)13-8-6-7-9-18-13/h10,12-13,18H,6-9,11H2,1-5H3. The lowest BCUT2D eigenvalue weighted by molar-refractivity contribution is 0.205. The van der Waals surface area contributed by atoms with Gasteiger partial charge in [-0.05, 0) is 45.1 Å². The van der Waals surface area contributed by atoms with E-state index in [0.29, 0.717) is 11.5 Å². The maximum atomic E-state index is 4.42. The fourth-order valence-electron chi connectivity index (χ4n) is 3.56. The Morgan fingerprint density at radius 2 is 2.00 bits per heavy atom. The molecule has 1 aliphatic rings. The third-order valence-electron chi connectivity index (χ3n) is 3.95. The molecule has 1 aromatic heterocycles. The lowest BCUT2D eigenvalue weighted by Gasteiger charge is -2.37. The van der Waals surface area contributed by atoms with Crippen LogP contribution in [0.1, 0.15) is 72.0 Å². The van der Waals surface area contributed by atoms with Crippen LogP contribution in [0, 0.1) is 5.41 Å². The molecule has 0 aromatic carbocycles. The largest absolute Gasteiger partial charge is 0.327 e. The summed E-state index contributed by atoms with van der Waals surface area (Å²) in [6, 6.07) is 0.482. The zero-order valence-corrected chi connectivity index (χ0v) is 13.2. The Labute approximate surface area is 117 Å². The summed E-state index contributed by atoms with van der Waals surface area (Å²) in [5, 5.41) is 3.64. The van der Waals surface area contributed by atoms with Gasteiger partial charge in [0.25, 0.3) is 0 Å². The lowest BCUT2D eigenvalue weighted by atomic mass is 9.81. The molecule has 3 nitrogen and oxygen atoms in total. The fourth-order valence-corrected chi connectivity index (χ4v) is 3.56. The molecule has 1 fully saturated rings. The van der Waals surface area contributed by atoms with Crippen molar-refractivity contribution in [2.45, 2.75) is 71.9 Å². The zero-order valence-electron chi connectivity index (χ0n) is 13.2. The molecule has 1 aromatic rings. The van der Waals surface area contributed by atoms with Gasteiger partial charge in [0.2, 0.25) is 0 Å². The summed E-state index contributed by atoms with van der Waals surface area (Å²) in [4.78, 5) is 4.42. The molecule has 0 spiro atoms. The van der Waals surface area contributed by atoms with E-state index in [9.17, 15) is 0 Å². The molecule has 3 heteroatoms. The van der Waals surface area contributed by atoms with Gasteiger partial charge >= 0.3 is 0 Å². The predicted octanol–water partition coefficient (Wildman–Crippen LogP) is 3.87. The minimum absolute atomic E-state index is 0.114. The molecular weight excluding hydrogens is 234 g/mol. The summed E-state index contributed by atoms with van der Waals surface area (Å²) in [6.07, 6.45) is 9.07. The lowest BCUT2D eigenvalue weighted by Crippen LogP contribution is -2.36. The maximum absolute atomic E-state index is 4.42. The average Bonchev–Trinajstić information content (AvgIpc) is 2.76. The highest BCUT2D eigenvalue weighted by Gasteiger charge is 2.30. The van der Waals surface area contributed by atoms with Gasteiger partial charge in [-0.3, -0.25) is 0 Å². The molecule has 2 heterocycles. The number of nitrogens with one attached hydrogen (secondary N) is 1. The summed E-state index contributed by atoms with van der Waals surface area (Å²) >= 11 is 0.